The van der Waals surface area contributed by atoms with E-state index in [1.807, 2.05) is 51.1 Å². The van der Waals surface area contributed by atoms with Crippen molar-refractivity contribution in [2.75, 3.05) is 25.1 Å². The molecule has 182 valence electrons. The van der Waals surface area contributed by atoms with Crippen LogP contribution in [0, 0.1) is 11.3 Å². The summed E-state index contributed by atoms with van der Waals surface area (Å²) in [6, 6.07) is 13.9. The molecule has 0 spiro atoms. The number of anilines is 1. The summed E-state index contributed by atoms with van der Waals surface area (Å²) in [6.45, 7) is 11.2. The molecule has 4 rings (SSSR count). The highest BCUT2D eigenvalue weighted by molar-refractivity contribution is 6.31. The van der Waals surface area contributed by atoms with Crippen LogP contribution in [0.1, 0.15) is 37.6 Å². The Labute approximate surface area is 206 Å². The number of carbonyl (C=O) groups excluding carboxylic acids is 1. The van der Waals surface area contributed by atoms with E-state index in [9.17, 15) is 10.1 Å². The highest BCUT2D eigenvalue weighted by Crippen LogP contribution is 2.31. The smallest absolute Gasteiger partial charge is 0.278 e. The van der Waals surface area contributed by atoms with Gasteiger partial charge in [-0.25, -0.2) is 20.0 Å². The summed E-state index contributed by atoms with van der Waals surface area (Å²) in [4.78, 5) is 26.7. The van der Waals surface area contributed by atoms with Crippen LogP contribution in [0.5, 0.6) is 0 Å². The molecule has 0 bridgehead atoms. The van der Waals surface area contributed by atoms with Crippen LogP contribution in [-0.4, -0.2) is 48.6 Å². The quantitative estimate of drug-likeness (QED) is 0.509. The van der Waals surface area contributed by atoms with Crippen LogP contribution in [0.3, 0.4) is 0 Å². The van der Waals surface area contributed by atoms with Gasteiger partial charge in [0.05, 0.1) is 22.9 Å². The molecule has 0 radical (unpaired) electrons. The molecule has 2 aromatic rings. The summed E-state index contributed by atoms with van der Waals surface area (Å²) in [5, 5.41) is 16.2. The van der Waals surface area contributed by atoms with Gasteiger partial charge in [0.1, 0.15) is 5.57 Å². The molecule has 3 N–H and O–H groups in total. The Kier molecular flexibility index (Phi) is 8.12. The number of nitriles is 1. The molecule has 2 aliphatic rings. The van der Waals surface area contributed by atoms with Gasteiger partial charge in [0.15, 0.2) is 11.7 Å². The molecule has 1 aromatic carbocycles. The number of carbonyl (C=O) groups is 1. The number of hydrogen-bond donors (Lipinski definition) is 2. The highest BCUT2D eigenvalue weighted by atomic mass is 16.2. The Balaban J connectivity index is 0.00000167. The standard InChI is InChI=1S/C25H27N7O.CH5N/c1-5-31-24(33)20(15-27-4)23(29-19-10-9-17-11-12-28-14-18(17)13-19)32(31)22-8-6-7-21(30-22)25(2,3)16-26;1-2/h6-10,13,15,28H,4-5,11-12,14H2,1-3H3;2H2,1H3/b20-15+,29-23?;. The third-order valence-corrected chi connectivity index (χ3v) is 5.85. The number of nitrogens with two attached hydrogens (primary N) is 1. The second-order valence-electron chi connectivity index (χ2n) is 8.49. The zero-order chi connectivity index (χ0) is 25.6. The number of pyridine rings is 1. The lowest BCUT2D eigenvalue weighted by Crippen LogP contribution is -2.41. The predicted octanol–water partition coefficient (Wildman–Crippen LogP) is 3.00. The Morgan fingerprint density at radius 2 is 2.06 bits per heavy atom. The number of amides is 1. The summed E-state index contributed by atoms with van der Waals surface area (Å²) in [6.07, 6.45) is 2.42. The van der Waals surface area contributed by atoms with E-state index in [1.54, 1.807) is 10.0 Å². The van der Waals surface area contributed by atoms with E-state index in [1.165, 1.54) is 24.4 Å². The highest BCUT2D eigenvalue weighted by Gasteiger charge is 2.40. The van der Waals surface area contributed by atoms with E-state index in [0.717, 1.165) is 25.2 Å². The fourth-order valence-electron chi connectivity index (χ4n) is 3.99. The first-order valence-electron chi connectivity index (χ1n) is 11.6. The van der Waals surface area contributed by atoms with Crippen LogP contribution in [0.2, 0.25) is 0 Å². The van der Waals surface area contributed by atoms with Crippen molar-refractivity contribution >= 4 is 30.0 Å². The van der Waals surface area contributed by atoms with Crippen LogP contribution >= 0.6 is 0 Å². The SMILES string of the molecule is C=N/C=C1/C(=O)N(CC)N(c2cccc(C(C)(C)C#N)n2)C1=Nc1ccc2c(c1)CNCC2.CN. The number of fused-ring (bicyclic) bond motifs is 1. The molecule has 0 saturated carbocycles. The third-order valence-electron chi connectivity index (χ3n) is 5.85. The first-order valence-corrected chi connectivity index (χ1v) is 11.6. The summed E-state index contributed by atoms with van der Waals surface area (Å²) in [5.41, 5.74) is 7.94. The number of amidine groups is 1. The zero-order valence-corrected chi connectivity index (χ0v) is 20.7. The van der Waals surface area contributed by atoms with Crippen molar-refractivity contribution in [3.05, 3.63) is 65.0 Å². The van der Waals surface area contributed by atoms with E-state index in [-0.39, 0.29) is 5.91 Å². The van der Waals surface area contributed by atoms with Gasteiger partial charge in [-0.1, -0.05) is 12.1 Å². The van der Waals surface area contributed by atoms with Crippen molar-refractivity contribution in [2.24, 2.45) is 15.7 Å². The Bertz CT molecular complexity index is 1210. The second kappa shape index (κ2) is 11.0. The van der Waals surface area contributed by atoms with Gasteiger partial charge in [-0.3, -0.25) is 9.79 Å². The maximum Gasteiger partial charge on any atom is 0.278 e. The van der Waals surface area contributed by atoms with Crippen molar-refractivity contribution in [1.29, 1.82) is 5.26 Å². The van der Waals surface area contributed by atoms with Gasteiger partial charge in [0.2, 0.25) is 0 Å². The number of aliphatic imine (C=N–C) groups is 2. The Morgan fingerprint density at radius 3 is 2.74 bits per heavy atom. The van der Waals surface area contributed by atoms with E-state index in [2.05, 4.69) is 34.9 Å². The normalized spacial score (nSPS) is 17.7. The van der Waals surface area contributed by atoms with E-state index < -0.39 is 5.41 Å². The minimum Gasteiger partial charge on any atom is -0.333 e. The third kappa shape index (κ3) is 5.14. The number of nitrogens with zero attached hydrogens (tertiary/aromatic N) is 6. The molecular formula is C26H32N8O. The minimum atomic E-state index is -0.777. The van der Waals surface area contributed by atoms with Crippen molar-refractivity contribution < 1.29 is 4.79 Å². The van der Waals surface area contributed by atoms with Gasteiger partial charge in [-0.2, -0.15) is 5.26 Å². The van der Waals surface area contributed by atoms with E-state index >= 15 is 0 Å². The first-order chi connectivity index (χ1) is 16.9. The molecule has 0 aliphatic carbocycles. The molecular weight excluding hydrogens is 440 g/mol. The van der Waals surface area contributed by atoms with Gasteiger partial charge >= 0.3 is 0 Å². The molecule has 0 unspecified atom stereocenters. The van der Waals surface area contributed by atoms with E-state index in [4.69, 9.17) is 9.98 Å². The van der Waals surface area contributed by atoms with Crippen LogP contribution in [0.4, 0.5) is 11.5 Å². The van der Waals surface area contributed by atoms with Crippen molar-refractivity contribution in [2.45, 2.75) is 39.2 Å². The van der Waals surface area contributed by atoms with Crippen LogP contribution in [0.25, 0.3) is 0 Å². The lowest BCUT2D eigenvalue weighted by Gasteiger charge is -2.28. The average molecular weight is 473 g/mol. The largest absolute Gasteiger partial charge is 0.333 e. The molecule has 1 aromatic heterocycles. The summed E-state index contributed by atoms with van der Waals surface area (Å²) in [5.74, 6) is 0.712. The molecule has 9 nitrogen and oxygen atoms in total. The summed E-state index contributed by atoms with van der Waals surface area (Å²) in [7, 11) is 1.50. The maximum atomic E-state index is 13.2. The molecule has 9 heteroatoms. The summed E-state index contributed by atoms with van der Waals surface area (Å²) >= 11 is 0. The number of hydrazine groups is 1. The lowest BCUT2D eigenvalue weighted by atomic mass is 9.91. The fraction of sp³-hybridized carbons (Fsp3) is 0.346. The first kappa shape index (κ1) is 25.7. The molecule has 2 aliphatic heterocycles. The van der Waals surface area contributed by atoms with Crippen molar-refractivity contribution in [3.8, 4) is 6.07 Å². The maximum absolute atomic E-state index is 13.2. The topological polar surface area (TPSA) is 123 Å². The Hall–Kier alpha value is -3.87. The van der Waals surface area contributed by atoms with Gasteiger partial charge in [0, 0.05) is 19.3 Å². The van der Waals surface area contributed by atoms with Gasteiger partial charge in [0.25, 0.3) is 5.91 Å². The number of benzene rings is 1. The predicted molar refractivity (Wildman–Crippen MR) is 139 cm³/mol. The molecule has 1 saturated heterocycles. The lowest BCUT2D eigenvalue weighted by molar-refractivity contribution is -0.125. The summed E-state index contributed by atoms with van der Waals surface area (Å²) < 4.78 is 0. The van der Waals surface area contributed by atoms with Crippen molar-refractivity contribution in [1.82, 2.24) is 15.3 Å². The number of likely N-dealkylation sites (N-methyl/N-ethyl adjacent to an activating group) is 1. The van der Waals surface area contributed by atoms with Crippen LogP contribution in [0.15, 0.2) is 58.2 Å². The van der Waals surface area contributed by atoms with Crippen LogP contribution in [-0.2, 0) is 23.2 Å². The van der Waals surface area contributed by atoms with Gasteiger partial charge in [-0.15, -0.1) is 0 Å². The van der Waals surface area contributed by atoms with Crippen LogP contribution < -0.4 is 16.1 Å². The second-order valence-corrected chi connectivity index (χ2v) is 8.49. The molecule has 1 fully saturated rings. The number of nitrogens with one attached hydrogen (secondary N) is 1. The number of aromatic nitrogens is 1. The molecule has 1 amide bonds. The fourth-order valence-corrected chi connectivity index (χ4v) is 3.99. The molecule has 3 heterocycles. The molecule has 35 heavy (non-hydrogen) atoms. The monoisotopic (exact) mass is 472 g/mol. The molecule has 0 atom stereocenters. The van der Waals surface area contributed by atoms with Gasteiger partial charge in [-0.05, 0) is 82.9 Å². The van der Waals surface area contributed by atoms with Crippen molar-refractivity contribution in [3.63, 3.8) is 0 Å². The number of rotatable bonds is 5. The minimum absolute atomic E-state index is 0.227. The zero-order valence-electron chi connectivity index (χ0n) is 20.7. The average Bonchev–Trinajstić information content (AvgIpc) is 3.15. The number of hydrogen-bond acceptors (Lipinski definition) is 7. The van der Waals surface area contributed by atoms with Gasteiger partial charge < -0.3 is 11.1 Å². The van der Waals surface area contributed by atoms with E-state index in [0.29, 0.717) is 29.5 Å². The Morgan fingerprint density at radius 1 is 1.29 bits per heavy atom.